The molecule has 0 bridgehead atoms. The van der Waals surface area contributed by atoms with Gasteiger partial charge < -0.3 is 9.32 Å². The van der Waals surface area contributed by atoms with Crippen LogP contribution in [0.25, 0.3) is 17.0 Å². The van der Waals surface area contributed by atoms with E-state index in [1.165, 1.54) is 82.5 Å². The topological polar surface area (TPSA) is 16.4 Å². The first-order chi connectivity index (χ1) is 36.4. The van der Waals surface area contributed by atoms with Gasteiger partial charge in [-0.1, -0.05) is 297 Å². The van der Waals surface area contributed by atoms with E-state index in [4.69, 9.17) is 4.42 Å². The Hall–Kier alpha value is -8.53. The highest BCUT2D eigenvalue weighted by Gasteiger charge is 2.53. The van der Waals surface area contributed by atoms with Gasteiger partial charge >= 0.3 is 0 Å². The Balaban J connectivity index is 1.19. The standard InChI is InChI=1S/C69H54B3NO/c1-5-24-56-49(4)74-68-57(56)35-23-40-66(68)73-64-38-20-18-36-58(64)69(59-37-19-21-39-65(59)73)60-45-54(70(50-27-10-6-11-28-50)51-29-12-7-13-30-51)41-43-62(60)72(67-47(2)25-22-26-48(67)3)63-44-42-55(46-61(63)69)71(52-31-14-8-15-32-52)53-33-16-9-17-34-53/h5-46H,1-4H3/b24-5-. The molecule has 0 saturated heterocycles. The molecule has 0 fully saturated rings. The van der Waals surface area contributed by atoms with Gasteiger partial charge in [0.05, 0.1) is 22.5 Å². The zero-order valence-electron chi connectivity index (χ0n) is 42.3. The highest BCUT2D eigenvalue weighted by atomic mass is 16.3. The fourth-order valence-electron chi connectivity index (χ4n) is 13.2. The van der Waals surface area contributed by atoms with Crippen LogP contribution < -0.4 is 54.1 Å². The monoisotopic (exact) mass is 945 g/mol. The quantitative estimate of drug-likeness (QED) is 0.134. The summed E-state index contributed by atoms with van der Waals surface area (Å²) in [6.07, 6.45) is 4.28. The molecule has 1 aromatic heterocycles. The van der Waals surface area contributed by atoms with Crippen LogP contribution in [0.2, 0.25) is 0 Å². The van der Waals surface area contributed by atoms with Crippen LogP contribution in [-0.2, 0) is 5.41 Å². The maximum Gasteiger partial charge on any atom is 0.242 e. The van der Waals surface area contributed by atoms with Gasteiger partial charge in [-0.05, 0) is 68.1 Å². The molecule has 0 radical (unpaired) electrons. The van der Waals surface area contributed by atoms with Crippen LogP contribution in [0.3, 0.4) is 0 Å². The summed E-state index contributed by atoms with van der Waals surface area (Å²) in [5, 5.41) is 1.10. The smallest absolute Gasteiger partial charge is 0.242 e. The first kappa shape index (κ1) is 45.3. The zero-order chi connectivity index (χ0) is 49.9. The number of furan rings is 1. The molecule has 11 aromatic rings. The highest BCUT2D eigenvalue weighted by Crippen LogP contribution is 2.58. The van der Waals surface area contributed by atoms with Crippen LogP contribution in [0.1, 0.15) is 51.6 Å². The van der Waals surface area contributed by atoms with Crippen molar-refractivity contribution in [3.8, 4) is 0 Å². The van der Waals surface area contributed by atoms with Crippen molar-refractivity contribution in [2.45, 2.75) is 33.1 Å². The fraction of sp³-hybridized carbons (Fsp3) is 0.0725. The molecule has 0 aliphatic carbocycles. The highest BCUT2D eigenvalue weighted by molar-refractivity contribution is 6.99. The molecule has 2 nitrogen and oxygen atoms in total. The molecule has 2 aliphatic heterocycles. The molecule has 13 rings (SSSR count). The van der Waals surface area contributed by atoms with Crippen LogP contribution in [0.4, 0.5) is 17.1 Å². The zero-order valence-corrected chi connectivity index (χ0v) is 42.3. The van der Waals surface area contributed by atoms with Gasteiger partial charge in [0.1, 0.15) is 5.76 Å². The Bertz CT molecular complexity index is 3640. The Kier molecular flexibility index (Phi) is 11.3. The van der Waals surface area contributed by atoms with Gasteiger partial charge in [0.2, 0.25) is 20.1 Å². The molecular formula is C69H54B3NO. The maximum absolute atomic E-state index is 6.86. The lowest BCUT2D eigenvalue weighted by Gasteiger charge is -2.51. The Morgan fingerprint density at radius 1 is 0.419 bits per heavy atom. The third-order valence-corrected chi connectivity index (χ3v) is 16.2. The van der Waals surface area contributed by atoms with E-state index in [2.05, 4.69) is 287 Å². The molecule has 350 valence electrons. The van der Waals surface area contributed by atoms with Crippen LogP contribution in [0, 0.1) is 20.8 Å². The lowest BCUT2D eigenvalue weighted by Crippen LogP contribution is -2.65. The van der Waals surface area contributed by atoms with Gasteiger partial charge in [0.15, 0.2) is 5.58 Å². The average molecular weight is 946 g/mol. The number of hydrogen-bond donors (Lipinski definition) is 0. The van der Waals surface area contributed by atoms with Crippen molar-refractivity contribution in [3.63, 3.8) is 0 Å². The largest absolute Gasteiger partial charge is 0.459 e. The van der Waals surface area contributed by atoms with Gasteiger partial charge in [-0.2, -0.15) is 0 Å². The summed E-state index contributed by atoms with van der Waals surface area (Å²) in [6, 6.07) is 91.3. The minimum atomic E-state index is -0.785. The van der Waals surface area contributed by atoms with E-state index in [9.17, 15) is 0 Å². The third-order valence-electron chi connectivity index (χ3n) is 16.2. The molecule has 3 heterocycles. The van der Waals surface area contributed by atoms with E-state index in [-0.39, 0.29) is 20.1 Å². The number of hydrogen-bond acceptors (Lipinski definition) is 2. The molecule has 2 aliphatic rings. The van der Waals surface area contributed by atoms with Crippen molar-refractivity contribution in [1.82, 2.24) is 0 Å². The number of allylic oxidation sites excluding steroid dienone is 1. The van der Waals surface area contributed by atoms with Gasteiger partial charge in [-0.25, -0.2) is 0 Å². The fourth-order valence-corrected chi connectivity index (χ4v) is 13.2. The number of nitrogens with zero attached hydrogens (tertiary/aromatic N) is 1. The maximum atomic E-state index is 6.86. The summed E-state index contributed by atoms with van der Waals surface area (Å²) in [4.78, 5) is 2.48. The van der Waals surface area contributed by atoms with E-state index in [0.29, 0.717) is 0 Å². The van der Waals surface area contributed by atoms with Crippen molar-refractivity contribution in [1.29, 1.82) is 0 Å². The molecule has 0 saturated carbocycles. The lowest BCUT2D eigenvalue weighted by atomic mass is 9.28. The molecule has 1 spiro atoms. The van der Waals surface area contributed by atoms with Crippen molar-refractivity contribution in [2.75, 3.05) is 4.90 Å². The second-order valence-electron chi connectivity index (χ2n) is 20.3. The predicted molar refractivity (Wildman–Crippen MR) is 318 cm³/mol. The summed E-state index contributed by atoms with van der Waals surface area (Å²) >= 11 is 0. The summed E-state index contributed by atoms with van der Waals surface area (Å²) in [7, 11) is 0. The minimum absolute atomic E-state index is 0.0107. The van der Waals surface area contributed by atoms with Crippen molar-refractivity contribution in [3.05, 3.63) is 293 Å². The molecule has 0 atom stereocenters. The minimum Gasteiger partial charge on any atom is -0.459 e. The molecule has 74 heavy (non-hydrogen) atoms. The summed E-state index contributed by atoms with van der Waals surface area (Å²) < 4.78 is 6.86. The van der Waals surface area contributed by atoms with Crippen molar-refractivity contribution >= 4 is 103 Å². The van der Waals surface area contributed by atoms with Gasteiger partial charge in [-0.3, -0.25) is 0 Å². The number of para-hydroxylation sites is 3. The summed E-state index contributed by atoms with van der Waals surface area (Å²) in [5.74, 6) is 0.908. The molecular weight excluding hydrogens is 891 g/mol. The predicted octanol–water partition coefficient (Wildman–Crippen LogP) is 10.4. The SMILES string of the molecule is C/C=C\c1c(C)oc2c(N3c4ccccc4C4(c5cc(B(c6ccccc6)c6ccccc6)ccc5B(c5c(C)cccc5C)c5ccc(B(c6ccccc6)c6ccccc6)cc54)c4ccccc43)cccc12. The Labute approximate surface area is 437 Å². The first-order valence-corrected chi connectivity index (χ1v) is 26.1. The molecule has 0 N–H and O–H groups in total. The second-order valence-corrected chi connectivity index (χ2v) is 20.3. The Morgan fingerprint density at radius 3 is 1.30 bits per heavy atom. The molecule has 10 aromatic carbocycles. The van der Waals surface area contributed by atoms with Gasteiger partial charge in [-0.15, -0.1) is 0 Å². The Morgan fingerprint density at radius 2 is 0.838 bits per heavy atom. The van der Waals surface area contributed by atoms with Crippen LogP contribution >= 0.6 is 0 Å². The molecule has 5 heteroatoms. The third kappa shape index (κ3) is 7.12. The number of fused-ring (bicyclic) bond motifs is 9. The molecule has 0 unspecified atom stereocenters. The van der Waals surface area contributed by atoms with Crippen LogP contribution in [0.15, 0.2) is 253 Å². The normalized spacial score (nSPS) is 13.1. The van der Waals surface area contributed by atoms with E-state index in [1.807, 2.05) is 0 Å². The van der Waals surface area contributed by atoms with Gasteiger partial charge in [0, 0.05) is 10.9 Å². The number of aryl methyl sites for hydroxylation is 3. The van der Waals surface area contributed by atoms with E-state index in [0.717, 1.165) is 39.4 Å². The number of benzene rings is 10. The van der Waals surface area contributed by atoms with E-state index in [1.54, 1.807) is 0 Å². The van der Waals surface area contributed by atoms with Crippen molar-refractivity contribution < 1.29 is 4.42 Å². The average Bonchev–Trinajstić information content (AvgIpc) is 3.86. The first-order valence-electron chi connectivity index (χ1n) is 26.1. The number of rotatable bonds is 9. The lowest BCUT2D eigenvalue weighted by molar-refractivity contribution is 0.577. The number of anilines is 3. The second kappa shape index (κ2) is 18.5. The van der Waals surface area contributed by atoms with Crippen LogP contribution in [-0.4, -0.2) is 20.1 Å². The molecule has 0 amide bonds. The summed E-state index contributed by atoms with van der Waals surface area (Å²) in [5.41, 5.74) is 23.8. The van der Waals surface area contributed by atoms with Crippen LogP contribution in [0.5, 0.6) is 0 Å². The summed E-state index contributed by atoms with van der Waals surface area (Å²) in [6.45, 7) is 8.70. The van der Waals surface area contributed by atoms with E-state index < -0.39 is 5.41 Å². The van der Waals surface area contributed by atoms with E-state index >= 15 is 0 Å². The van der Waals surface area contributed by atoms with Crippen molar-refractivity contribution in [2.24, 2.45) is 0 Å². The van der Waals surface area contributed by atoms with Gasteiger partial charge in [0.25, 0.3) is 0 Å².